The van der Waals surface area contributed by atoms with E-state index in [1.54, 1.807) is 6.20 Å². The molecule has 0 amide bonds. The second-order valence-electron chi connectivity index (χ2n) is 4.17. The second-order valence-corrected chi connectivity index (χ2v) is 4.17. The first-order valence-corrected chi connectivity index (χ1v) is 5.68. The average molecular weight is 222 g/mol. The van der Waals surface area contributed by atoms with Crippen molar-refractivity contribution in [2.45, 2.75) is 31.8 Å². The van der Waals surface area contributed by atoms with Gasteiger partial charge in [0.2, 0.25) is 5.91 Å². The van der Waals surface area contributed by atoms with E-state index in [0.29, 0.717) is 6.42 Å². The number of rotatable bonds is 2. The van der Waals surface area contributed by atoms with Crippen molar-refractivity contribution in [3.63, 3.8) is 0 Å². The van der Waals surface area contributed by atoms with Crippen LogP contribution in [0.25, 0.3) is 0 Å². The summed E-state index contributed by atoms with van der Waals surface area (Å²) in [6.45, 7) is 2.73. The van der Waals surface area contributed by atoms with Crippen LogP contribution in [0, 0.1) is 0 Å². The van der Waals surface area contributed by atoms with Gasteiger partial charge in [-0.2, -0.15) is 0 Å². The summed E-state index contributed by atoms with van der Waals surface area (Å²) >= 11 is 0. The Bertz CT molecular complexity index is 344. The molecule has 0 aliphatic carbocycles. The van der Waals surface area contributed by atoms with E-state index in [-0.39, 0.29) is 6.10 Å². The van der Waals surface area contributed by atoms with E-state index in [2.05, 4.69) is 4.98 Å². The fourth-order valence-corrected chi connectivity index (χ4v) is 1.99. The molecule has 4 heteroatoms. The Balaban J connectivity index is 2.15. The Kier molecular flexibility index (Phi) is 3.23. The first-order chi connectivity index (χ1) is 7.65. The molecule has 1 aliphatic rings. The van der Waals surface area contributed by atoms with Crippen LogP contribution in [0.15, 0.2) is 24.4 Å². The summed E-state index contributed by atoms with van der Waals surface area (Å²) in [5.74, 6) is -1.15. The molecule has 1 N–H and O–H groups in total. The molecule has 4 nitrogen and oxygen atoms in total. The van der Waals surface area contributed by atoms with Gasteiger partial charge < -0.3 is 9.84 Å². The zero-order chi connectivity index (χ0) is 11.6. The molecule has 0 bridgehead atoms. The topological polar surface area (TPSA) is 45.6 Å². The molecular weight excluding hydrogens is 204 g/mol. The zero-order valence-corrected chi connectivity index (χ0v) is 9.76. The van der Waals surface area contributed by atoms with Crippen molar-refractivity contribution in [3.8, 4) is 0 Å². The largest absolute Gasteiger partial charge is 0.353 e. The summed E-state index contributed by atoms with van der Waals surface area (Å²) in [6.07, 6.45) is 3.05. The van der Waals surface area contributed by atoms with Crippen LogP contribution in [0.5, 0.6) is 0 Å². The van der Waals surface area contributed by atoms with E-state index in [1.165, 1.54) is 0 Å². The summed E-state index contributed by atoms with van der Waals surface area (Å²) in [7, 11) is 1.87. The van der Waals surface area contributed by atoms with Crippen LogP contribution in [0.2, 0.25) is 0 Å². The van der Waals surface area contributed by atoms with Gasteiger partial charge in [-0.1, -0.05) is 13.0 Å². The molecule has 2 unspecified atom stereocenters. The van der Waals surface area contributed by atoms with Crippen molar-refractivity contribution in [2.75, 3.05) is 13.6 Å². The molecule has 16 heavy (non-hydrogen) atoms. The standard InChI is InChI=1S/C12H18N2O2/c1-3-12(15)14(2)9-7-11(16-12)10-6-4-5-8-13-10/h4-6,8,11,15H,3,7,9H2,1-2H3. The minimum atomic E-state index is -1.15. The highest BCUT2D eigenvalue weighted by Crippen LogP contribution is 2.33. The molecule has 2 atom stereocenters. The highest BCUT2D eigenvalue weighted by molar-refractivity contribution is 5.08. The van der Waals surface area contributed by atoms with E-state index >= 15 is 0 Å². The first kappa shape index (κ1) is 11.5. The van der Waals surface area contributed by atoms with Gasteiger partial charge in [0.15, 0.2) is 0 Å². The van der Waals surface area contributed by atoms with Gasteiger partial charge in [-0.05, 0) is 25.6 Å². The van der Waals surface area contributed by atoms with E-state index < -0.39 is 5.91 Å². The average Bonchev–Trinajstić information content (AvgIpc) is 2.34. The van der Waals surface area contributed by atoms with Crippen LogP contribution in [-0.4, -0.2) is 34.5 Å². The fraction of sp³-hybridized carbons (Fsp3) is 0.583. The third-order valence-electron chi connectivity index (χ3n) is 3.13. The van der Waals surface area contributed by atoms with Crippen molar-refractivity contribution in [3.05, 3.63) is 30.1 Å². The number of aromatic nitrogens is 1. The molecule has 1 aromatic heterocycles. The summed E-state index contributed by atoms with van der Waals surface area (Å²) in [4.78, 5) is 6.11. The van der Waals surface area contributed by atoms with Crippen LogP contribution in [0.4, 0.5) is 0 Å². The molecule has 0 aromatic carbocycles. The lowest BCUT2D eigenvalue weighted by Gasteiger charge is -2.43. The number of hydrogen-bond donors (Lipinski definition) is 1. The molecule has 0 spiro atoms. The number of ether oxygens (including phenoxy) is 1. The minimum absolute atomic E-state index is 0.109. The molecule has 1 aromatic rings. The maximum absolute atomic E-state index is 10.3. The lowest BCUT2D eigenvalue weighted by molar-refractivity contribution is -0.332. The Labute approximate surface area is 95.9 Å². The fourth-order valence-electron chi connectivity index (χ4n) is 1.99. The van der Waals surface area contributed by atoms with Crippen LogP contribution < -0.4 is 0 Å². The predicted molar refractivity (Wildman–Crippen MR) is 60.6 cm³/mol. The number of hydrogen-bond acceptors (Lipinski definition) is 4. The van der Waals surface area contributed by atoms with Crippen LogP contribution in [0.1, 0.15) is 31.6 Å². The van der Waals surface area contributed by atoms with Crippen molar-refractivity contribution in [1.82, 2.24) is 9.88 Å². The first-order valence-electron chi connectivity index (χ1n) is 5.68. The summed E-state index contributed by atoms with van der Waals surface area (Å²) in [5, 5.41) is 10.3. The number of aliphatic hydroxyl groups is 1. The molecule has 88 valence electrons. The van der Waals surface area contributed by atoms with Crippen LogP contribution in [0.3, 0.4) is 0 Å². The van der Waals surface area contributed by atoms with E-state index in [9.17, 15) is 5.11 Å². The van der Waals surface area contributed by atoms with Gasteiger partial charge in [0.1, 0.15) is 6.10 Å². The monoisotopic (exact) mass is 222 g/mol. The molecule has 1 fully saturated rings. The van der Waals surface area contributed by atoms with Crippen LogP contribution >= 0.6 is 0 Å². The lowest BCUT2D eigenvalue weighted by atomic mass is 10.1. The molecule has 0 radical (unpaired) electrons. The van der Waals surface area contributed by atoms with Crippen LogP contribution in [-0.2, 0) is 4.74 Å². The third kappa shape index (κ3) is 2.09. The maximum Gasteiger partial charge on any atom is 0.227 e. The molecule has 0 saturated carbocycles. The SMILES string of the molecule is CCC1(O)OC(c2ccccn2)CCN1C. The van der Waals surface area contributed by atoms with E-state index in [4.69, 9.17) is 4.74 Å². The number of nitrogens with zero attached hydrogens (tertiary/aromatic N) is 2. The van der Waals surface area contributed by atoms with Gasteiger partial charge in [0, 0.05) is 19.2 Å². The van der Waals surface area contributed by atoms with Gasteiger partial charge >= 0.3 is 0 Å². The minimum Gasteiger partial charge on any atom is -0.353 e. The highest BCUT2D eigenvalue weighted by atomic mass is 16.7. The summed E-state index contributed by atoms with van der Waals surface area (Å²) in [5.41, 5.74) is 0.891. The van der Waals surface area contributed by atoms with Crippen molar-refractivity contribution < 1.29 is 9.84 Å². The van der Waals surface area contributed by atoms with Gasteiger partial charge in [0.05, 0.1) is 5.69 Å². The Morgan fingerprint density at radius 1 is 1.62 bits per heavy atom. The third-order valence-corrected chi connectivity index (χ3v) is 3.13. The zero-order valence-electron chi connectivity index (χ0n) is 9.76. The van der Waals surface area contributed by atoms with Gasteiger partial charge in [0.25, 0.3) is 0 Å². The maximum atomic E-state index is 10.3. The highest BCUT2D eigenvalue weighted by Gasteiger charge is 2.39. The van der Waals surface area contributed by atoms with Gasteiger partial charge in [-0.25, -0.2) is 0 Å². The Morgan fingerprint density at radius 3 is 3.06 bits per heavy atom. The van der Waals surface area contributed by atoms with Crippen molar-refractivity contribution in [1.29, 1.82) is 0 Å². The molecule has 1 aliphatic heterocycles. The predicted octanol–water partition coefficient (Wildman–Crippen LogP) is 1.53. The molecule has 1 saturated heterocycles. The molecule has 2 rings (SSSR count). The van der Waals surface area contributed by atoms with Gasteiger partial charge in [-0.15, -0.1) is 0 Å². The van der Waals surface area contributed by atoms with Crippen molar-refractivity contribution in [2.24, 2.45) is 0 Å². The normalized spacial score (nSPS) is 31.6. The van der Waals surface area contributed by atoms with E-state index in [0.717, 1.165) is 18.7 Å². The Hall–Kier alpha value is -0.970. The second kappa shape index (κ2) is 4.49. The van der Waals surface area contributed by atoms with Crippen molar-refractivity contribution >= 4 is 0 Å². The Morgan fingerprint density at radius 2 is 2.44 bits per heavy atom. The smallest absolute Gasteiger partial charge is 0.227 e. The summed E-state index contributed by atoms with van der Waals surface area (Å²) in [6, 6.07) is 5.76. The lowest BCUT2D eigenvalue weighted by Crippen LogP contribution is -2.53. The quantitative estimate of drug-likeness (QED) is 0.824. The summed E-state index contributed by atoms with van der Waals surface area (Å²) < 4.78 is 5.74. The molecule has 2 heterocycles. The van der Waals surface area contributed by atoms with Gasteiger partial charge in [-0.3, -0.25) is 9.88 Å². The number of pyridine rings is 1. The van der Waals surface area contributed by atoms with E-state index in [1.807, 2.05) is 37.1 Å². The molecular formula is C12H18N2O2.